The average molecular weight is 391 g/mol. The van der Waals surface area contributed by atoms with E-state index >= 15 is 0 Å². The number of ether oxygens (including phenoxy) is 3. The van der Waals surface area contributed by atoms with Gasteiger partial charge in [0, 0.05) is 23.6 Å². The van der Waals surface area contributed by atoms with Gasteiger partial charge in [0.2, 0.25) is 5.75 Å². The van der Waals surface area contributed by atoms with Crippen LogP contribution < -0.4 is 24.6 Å². The summed E-state index contributed by atoms with van der Waals surface area (Å²) >= 11 is 0. The highest BCUT2D eigenvalue weighted by molar-refractivity contribution is 7.92. The van der Waals surface area contributed by atoms with Crippen LogP contribution in [0.4, 0.5) is 5.69 Å². The van der Waals surface area contributed by atoms with Gasteiger partial charge in [-0.15, -0.1) is 0 Å². The molecular formula is C18H17NO7S. The summed E-state index contributed by atoms with van der Waals surface area (Å²) in [5.41, 5.74) is 0.0343. The van der Waals surface area contributed by atoms with Gasteiger partial charge in [-0.3, -0.25) is 4.72 Å². The van der Waals surface area contributed by atoms with Crippen molar-refractivity contribution in [1.29, 1.82) is 0 Å². The van der Waals surface area contributed by atoms with Gasteiger partial charge >= 0.3 is 5.63 Å². The van der Waals surface area contributed by atoms with Gasteiger partial charge in [0.15, 0.2) is 11.5 Å². The zero-order chi connectivity index (χ0) is 19.6. The molecule has 2 aromatic carbocycles. The molecular weight excluding hydrogens is 374 g/mol. The van der Waals surface area contributed by atoms with Gasteiger partial charge in [-0.05, 0) is 24.3 Å². The molecule has 0 radical (unpaired) electrons. The zero-order valence-electron chi connectivity index (χ0n) is 14.8. The van der Waals surface area contributed by atoms with E-state index in [1.807, 2.05) is 0 Å². The second-order valence-corrected chi connectivity index (χ2v) is 7.16. The van der Waals surface area contributed by atoms with Crippen LogP contribution in [0.15, 0.2) is 56.6 Å². The largest absolute Gasteiger partial charge is 0.493 e. The van der Waals surface area contributed by atoms with E-state index in [0.29, 0.717) is 28.2 Å². The fourth-order valence-electron chi connectivity index (χ4n) is 2.57. The molecule has 8 nitrogen and oxygen atoms in total. The van der Waals surface area contributed by atoms with Crippen molar-refractivity contribution in [1.82, 2.24) is 0 Å². The van der Waals surface area contributed by atoms with Crippen LogP contribution in [0.2, 0.25) is 0 Å². The predicted molar refractivity (Wildman–Crippen MR) is 99.4 cm³/mol. The van der Waals surface area contributed by atoms with Gasteiger partial charge < -0.3 is 18.6 Å². The van der Waals surface area contributed by atoms with E-state index in [0.717, 1.165) is 0 Å². The van der Waals surface area contributed by atoms with Crippen LogP contribution in [0.5, 0.6) is 17.2 Å². The zero-order valence-corrected chi connectivity index (χ0v) is 15.6. The number of methoxy groups -OCH3 is 3. The van der Waals surface area contributed by atoms with Crippen molar-refractivity contribution in [2.45, 2.75) is 4.90 Å². The lowest BCUT2D eigenvalue weighted by Crippen LogP contribution is -2.13. The molecule has 0 aliphatic carbocycles. The maximum absolute atomic E-state index is 12.7. The van der Waals surface area contributed by atoms with Crippen molar-refractivity contribution in [2.75, 3.05) is 26.1 Å². The maximum Gasteiger partial charge on any atom is 0.336 e. The van der Waals surface area contributed by atoms with Crippen molar-refractivity contribution in [3.8, 4) is 17.2 Å². The first-order chi connectivity index (χ1) is 12.9. The van der Waals surface area contributed by atoms with Crippen molar-refractivity contribution in [3.05, 3.63) is 52.9 Å². The Morgan fingerprint density at radius 2 is 1.56 bits per heavy atom. The SMILES string of the molecule is COc1cc(NS(=O)(=O)c2ccc3oc(=O)ccc3c2)cc(OC)c1OC. The lowest BCUT2D eigenvalue weighted by molar-refractivity contribution is 0.325. The molecule has 0 fully saturated rings. The van der Waals surface area contributed by atoms with E-state index in [4.69, 9.17) is 18.6 Å². The Morgan fingerprint density at radius 3 is 2.15 bits per heavy atom. The van der Waals surface area contributed by atoms with Gasteiger partial charge in [0.1, 0.15) is 5.58 Å². The van der Waals surface area contributed by atoms with Gasteiger partial charge in [-0.2, -0.15) is 0 Å². The molecule has 1 N–H and O–H groups in total. The lowest BCUT2D eigenvalue weighted by Gasteiger charge is -2.15. The van der Waals surface area contributed by atoms with Crippen LogP contribution >= 0.6 is 0 Å². The van der Waals surface area contributed by atoms with Crippen LogP contribution in [0.25, 0.3) is 11.0 Å². The number of hydrogen-bond donors (Lipinski definition) is 1. The summed E-state index contributed by atoms with van der Waals surface area (Å²) in [5.74, 6) is 0.980. The van der Waals surface area contributed by atoms with E-state index < -0.39 is 15.6 Å². The molecule has 0 unspecified atom stereocenters. The van der Waals surface area contributed by atoms with Crippen molar-refractivity contribution in [2.24, 2.45) is 0 Å². The smallest absolute Gasteiger partial charge is 0.336 e. The minimum absolute atomic E-state index is 0.0117. The Bertz CT molecular complexity index is 1130. The highest BCUT2D eigenvalue weighted by Crippen LogP contribution is 2.40. The van der Waals surface area contributed by atoms with Gasteiger partial charge in [-0.25, -0.2) is 13.2 Å². The number of rotatable bonds is 6. The molecule has 142 valence electrons. The molecule has 3 rings (SSSR count). The molecule has 0 atom stereocenters. The lowest BCUT2D eigenvalue weighted by atomic mass is 10.2. The maximum atomic E-state index is 12.7. The summed E-state index contributed by atoms with van der Waals surface area (Å²) in [5, 5.41) is 0.488. The number of sulfonamides is 1. The van der Waals surface area contributed by atoms with Crippen molar-refractivity contribution >= 4 is 26.7 Å². The topological polar surface area (TPSA) is 104 Å². The normalized spacial score (nSPS) is 11.2. The summed E-state index contributed by atoms with van der Waals surface area (Å²) in [6.45, 7) is 0. The summed E-state index contributed by atoms with van der Waals surface area (Å²) in [7, 11) is 0.424. The minimum atomic E-state index is -3.91. The van der Waals surface area contributed by atoms with E-state index in [9.17, 15) is 13.2 Å². The number of benzene rings is 2. The van der Waals surface area contributed by atoms with Crippen LogP contribution in [0, 0.1) is 0 Å². The van der Waals surface area contributed by atoms with E-state index in [1.165, 1.54) is 63.8 Å². The molecule has 0 saturated carbocycles. The molecule has 1 aromatic heterocycles. The first-order valence-corrected chi connectivity index (χ1v) is 9.23. The first-order valence-electron chi connectivity index (χ1n) is 7.74. The van der Waals surface area contributed by atoms with Crippen LogP contribution in [0.3, 0.4) is 0 Å². The molecule has 0 bridgehead atoms. The molecule has 3 aromatic rings. The standard InChI is InChI=1S/C18H17NO7S/c1-23-15-9-12(10-16(24-2)18(15)25-3)19-27(21,22)13-5-6-14-11(8-13)4-7-17(20)26-14/h4-10,19H,1-3H3. The molecule has 0 spiro atoms. The van der Waals surface area contributed by atoms with E-state index in [-0.39, 0.29) is 10.6 Å². The monoisotopic (exact) mass is 391 g/mol. The van der Waals surface area contributed by atoms with E-state index in [2.05, 4.69) is 4.72 Å². The second-order valence-electron chi connectivity index (χ2n) is 5.47. The van der Waals surface area contributed by atoms with Crippen LogP contribution in [-0.4, -0.2) is 29.7 Å². The fourth-order valence-corrected chi connectivity index (χ4v) is 3.65. The highest BCUT2D eigenvalue weighted by atomic mass is 32.2. The fraction of sp³-hybridized carbons (Fsp3) is 0.167. The Morgan fingerprint density at radius 1 is 0.889 bits per heavy atom. The third-order valence-corrected chi connectivity index (χ3v) is 5.20. The molecule has 0 aliphatic rings. The summed E-state index contributed by atoms with van der Waals surface area (Å²) in [6, 6.07) is 9.90. The Hall–Kier alpha value is -3.20. The molecule has 9 heteroatoms. The summed E-state index contributed by atoms with van der Waals surface area (Å²) < 4.78 is 48.7. The van der Waals surface area contributed by atoms with E-state index in [1.54, 1.807) is 0 Å². The third kappa shape index (κ3) is 3.68. The van der Waals surface area contributed by atoms with Gasteiger partial charge in [0.05, 0.1) is 31.9 Å². The van der Waals surface area contributed by atoms with Crippen molar-refractivity contribution < 1.29 is 27.0 Å². The number of fused-ring (bicyclic) bond motifs is 1. The Labute approximate surface area is 155 Å². The third-order valence-electron chi connectivity index (χ3n) is 3.82. The Kier molecular flexibility index (Phi) is 4.95. The van der Waals surface area contributed by atoms with Crippen molar-refractivity contribution in [3.63, 3.8) is 0 Å². The minimum Gasteiger partial charge on any atom is -0.493 e. The predicted octanol–water partition coefficient (Wildman–Crippen LogP) is 2.62. The van der Waals surface area contributed by atoms with Gasteiger partial charge in [0.25, 0.3) is 10.0 Å². The molecule has 27 heavy (non-hydrogen) atoms. The molecule has 1 heterocycles. The Balaban J connectivity index is 2.01. The van der Waals surface area contributed by atoms with Gasteiger partial charge in [-0.1, -0.05) is 0 Å². The number of hydrogen-bond acceptors (Lipinski definition) is 7. The molecule has 0 amide bonds. The highest BCUT2D eigenvalue weighted by Gasteiger charge is 2.19. The quantitative estimate of drug-likeness (QED) is 0.644. The molecule has 0 aliphatic heterocycles. The van der Waals surface area contributed by atoms with Crippen LogP contribution in [0.1, 0.15) is 0 Å². The second kappa shape index (κ2) is 7.20. The number of anilines is 1. The summed E-state index contributed by atoms with van der Waals surface area (Å²) in [6.07, 6.45) is 0. The summed E-state index contributed by atoms with van der Waals surface area (Å²) in [4.78, 5) is 11.3. The number of nitrogens with one attached hydrogen (secondary N) is 1. The first kappa shape index (κ1) is 18.6. The van der Waals surface area contributed by atoms with Crippen LogP contribution in [-0.2, 0) is 10.0 Å². The average Bonchev–Trinajstić information content (AvgIpc) is 2.66. The molecule has 0 saturated heterocycles.